The van der Waals surface area contributed by atoms with Crippen molar-refractivity contribution in [2.75, 3.05) is 20.2 Å². The van der Waals surface area contributed by atoms with Crippen LogP contribution < -0.4 is 4.74 Å². The van der Waals surface area contributed by atoms with E-state index < -0.39 is 5.82 Å². The second-order valence-electron chi connectivity index (χ2n) is 4.63. The zero-order valence-corrected chi connectivity index (χ0v) is 14.2. The molecular formula is C16H14BrClFNO2. The van der Waals surface area contributed by atoms with Gasteiger partial charge in [0.1, 0.15) is 6.61 Å². The van der Waals surface area contributed by atoms with Crippen molar-refractivity contribution in [1.82, 2.24) is 4.90 Å². The lowest BCUT2D eigenvalue weighted by Gasteiger charge is -2.18. The van der Waals surface area contributed by atoms with Crippen molar-refractivity contribution in [3.63, 3.8) is 0 Å². The zero-order valence-electron chi connectivity index (χ0n) is 11.9. The van der Waals surface area contributed by atoms with Gasteiger partial charge in [-0.3, -0.25) is 4.79 Å². The Bertz CT molecular complexity index is 681. The van der Waals surface area contributed by atoms with Gasteiger partial charge in [0.25, 0.3) is 5.91 Å². The van der Waals surface area contributed by atoms with Gasteiger partial charge in [-0.1, -0.05) is 39.7 Å². The summed E-state index contributed by atoms with van der Waals surface area (Å²) in [6.45, 7) is 0.505. The second kappa shape index (κ2) is 7.61. The maximum atomic E-state index is 13.4. The topological polar surface area (TPSA) is 29.5 Å². The van der Waals surface area contributed by atoms with Crippen LogP contribution in [0.15, 0.2) is 46.9 Å². The first-order valence-electron chi connectivity index (χ1n) is 6.57. The minimum Gasteiger partial charge on any atom is -0.489 e. The molecule has 3 nitrogen and oxygen atoms in total. The van der Waals surface area contributed by atoms with E-state index in [1.807, 2.05) is 0 Å². The maximum Gasteiger partial charge on any atom is 0.255 e. The van der Waals surface area contributed by atoms with Gasteiger partial charge in [0.2, 0.25) is 0 Å². The molecule has 6 heteroatoms. The Balaban J connectivity index is 1.94. The van der Waals surface area contributed by atoms with Crippen molar-refractivity contribution in [3.8, 4) is 5.75 Å². The standard InChI is InChI=1S/C16H14BrClFNO2/c1-20(8-9-22-15-5-3-2-4-14(15)19)16(21)12-10-11(17)6-7-13(12)18/h2-7,10H,8-9H2,1H3. The quantitative estimate of drug-likeness (QED) is 0.762. The highest BCUT2D eigenvalue weighted by Crippen LogP contribution is 2.22. The fourth-order valence-electron chi connectivity index (χ4n) is 1.82. The average molecular weight is 387 g/mol. The summed E-state index contributed by atoms with van der Waals surface area (Å²) in [7, 11) is 1.64. The van der Waals surface area contributed by atoms with Gasteiger partial charge < -0.3 is 9.64 Å². The largest absolute Gasteiger partial charge is 0.489 e. The first-order chi connectivity index (χ1) is 10.5. The van der Waals surface area contributed by atoms with Crippen LogP contribution >= 0.6 is 27.5 Å². The summed E-state index contributed by atoms with van der Waals surface area (Å²) in [6, 6.07) is 11.2. The summed E-state index contributed by atoms with van der Waals surface area (Å²) in [5.74, 6) is -0.473. The Labute approximate surface area is 141 Å². The zero-order chi connectivity index (χ0) is 16.1. The lowest BCUT2D eigenvalue weighted by molar-refractivity contribution is 0.0773. The number of hydrogen-bond acceptors (Lipinski definition) is 2. The molecule has 0 heterocycles. The summed E-state index contributed by atoms with van der Waals surface area (Å²) >= 11 is 9.35. The number of ether oxygens (including phenoxy) is 1. The Morgan fingerprint density at radius 2 is 2.05 bits per heavy atom. The molecule has 0 spiro atoms. The molecule has 0 aliphatic rings. The van der Waals surface area contributed by atoms with Crippen molar-refractivity contribution >= 4 is 33.4 Å². The number of rotatable bonds is 5. The van der Waals surface area contributed by atoms with Crippen LogP contribution in [0, 0.1) is 5.82 Å². The van der Waals surface area contributed by atoms with Crippen LogP contribution in [0.4, 0.5) is 4.39 Å². The smallest absolute Gasteiger partial charge is 0.255 e. The molecular weight excluding hydrogens is 373 g/mol. The van der Waals surface area contributed by atoms with E-state index in [-0.39, 0.29) is 18.3 Å². The Hall–Kier alpha value is -1.59. The predicted molar refractivity (Wildman–Crippen MR) is 88.0 cm³/mol. The predicted octanol–water partition coefficient (Wildman–Crippen LogP) is 4.39. The van der Waals surface area contributed by atoms with Crippen molar-refractivity contribution in [2.24, 2.45) is 0 Å². The highest BCUT2D eigenvalue weighted by Gasteiger charge is 2.15. The minimum absolute atomic E-state index is 0.170. The Morgan fingerprint density at radius 1 is 1.32 bits per heavy atom. The summed E-state index contributed by atoms with van der Waals surface area (Å²) in [6.07, 6.45) is 0. The third-order valence-electron chi connectivity index (χ3n) is 3.03. The van der Waals surface area contributed by atoms with E-state index in [0.717, 1.165) is 4.47 Å². The van der Waals surface area contributed by atoms with Crippen LogP contribution in [0.2, 0.25) is 5.02 Å². The molecule has 116 valence electrons. The maximum absolute atomic E-state index is 13.4. The molecule has 0 radical (unpaired) electrons. The lowest BCUT2D eigenvalue weighted by Crippen LogP contribution is -2.31. The van der Waals surface area contributed by atoms with Gasteiger partial charge in [-0.2, -0.15) is 0 Å². The highest BCUT2D eigenvalue weighted by atomic mass is 79.9. The van der Waals surface area contributed by atoms with E-state index in [2.05, 4.69) is 15.9 Å². The van der Waals surface area contributed by atoms with Crippen molar-refractivity contribution < 1.29 is 13.9 Å². The molecule has 0 fully saturated rings. The van der Waals surface area contributed by atoms with Gasteiger partial charge >= 0.3 is 0 Å². The number of hydrogen-bond donors (Lipinski definition) is 0. The number of halogens is 3. The number of amides is 1. The van der Waals surface area contributed by atoms with Gasteiger partial charge in [0.05, 0.1) is 17.1 Å². The number of para-hydroxylation sites is 1. The fraction of sp³-hybridized carbons (Fsp3) is 0.188. The number of carbonyl (C=O) groups excluding carboxylic acids is 1. The molecule has 0 aliphatic heterocycles. The molecule has 22 heavy (non-hydrogen) atoms. The molecule has 0 bridgehead atoms. The monoisotopic (exact) mass is 385 g/mol. The molecule has 0 aliphatic carbocycles. The normalized spacial score (nSPS) is 10.4. The fourth-order valence-corrected chi connectivity index (χ4v) is 2.38. The molecule has 1 amide bonds. The van der Waals surface area contributed by atoms with Crippen LogP contribution in [0.25, 0.3) is 0 Å². The molecule has 2 aromatic carbocycles. The number of likely N-dealkylation sites (N-methyl/N-ethyl adjacent to an activating group) is 1. The molecule has 0 atom stereocenters. The first-order valence-corrected chi connectivity index (χ1v) is 7.74. The molecule has 0 N–H and O–H groups in total. The Morgan fingerprint density at radius 3 is 2.77 bits per heavy atom. The van der Waals surface area contributed by atoms with Crippen LogP contribution in [-0.4, -0.2) is 31.0 Å². The minimum atomic E-state index is -0.425. The van der Waals surface area contributed by atoms with Gasteiger partial charge in [0.15, 0.2) is 11.6 Å². The summed E-state index contributed by atoms with van der Waals surface area (Å²) in [4.78, 5) is 13.8. The first kappa shape index (κ1) is 16.8. The van der Waals surface area contributed by atoms with E-state index in [1.54, 1.807) is 43.4 Å². The van der Waals surface area contributed by atoms with Crippen LogP contribution in [-0.2, 0) is 0 Å². The Kier molecular flexibility index (Phi) is 5.80. The third kappa shape index (κ3) is 4.21. The van der Waals surface area contributed by atoms with Gasteiger partial charge in [0, 0.05) is 11.5 Å². The van der Waals surface area contributed by atoms with E-state index in [0.29, 0.717) is 17.1 Å². The van der Waals surface area contributed by atoms with Crippen LogP contribution in [0.3, 0.4) is 0 Å². The molecule has 0 saturated carbocycles. The lowest BCUT2D eigenvalue weighted by atomic mass is 10.2. The second-order valence-corrected chi connectivity index (χ2v) is 5.95. The van der Waals surface area contributed by atoms with Crippen LogP contribution in [0.5, 0.6) is 5.75 Å². The molecule has 0 unspecified atom stereocenters. The van der Waals surface area contributed by atoms with E-state index in [1.165, 1.54) is 11.0 Å². The molecule has 2 rings (SSSR count). The van der Waals surface area contributed by atoms with Crippen LogP contribution in [0.1, 0.15) is 10.4 Å². The van der Waals surface area contributed by atoms with E-state index in [9.17, 15) is 9.18 Å². The van der Waals surface area contributed by atoms with Crippen molar-refractivity contribution in [2.45, 2.75) is 0 Å². The third-order valence-corrected chi connectivity index (χ3v) is 3.85. The molecule has 2 aromatic rings. The van der Waals surface area contributed by atoms with Crippen molar-refractivity contribution in [1.29, 1.82) is 0 Å². The van der Waals surface area contributed by atoms with Gasteiger partial charge in [-0.05, 0) is 30.3 Å². The van der Waals surface area contributed by atoms with Gasteiger partial charge in [-0.25, -0.2) is 4.39 Å². The van der Waals surface area contributed by atoms with Crippen molar-refractivity contribution in [3.05, 3.63) is 63.3 Å². The SMILES string of the molecule is CN(CCOc1ccccc1F)C(=O)c1cc(Br)ccc1Cl. The number of benzene rings is 2. The van der Waals surface area contributed by atoms with E-state index >= 15 is 0 Å². The summed E-state index contributed by atoms with van der Waals surface area (Å²) in [5.41, 5.74) is 0.407. The van der Waals surface area contributed by atoms with E-state index in [4.69, 9.17) is 16.3 Å². The van der Waals surface area contributed by atoms with Gasteiger partial charge in [-0.15, -0.1) is 0 Å². The molecule has 0 saturated heterocycles. The number of nitrogens with zero attached hydrogens (tertiary/aromatic N) is 1. The highest BCUT2D eigenvalue weighted by molar-refractivity contribution is 9.10. The summed E-state index contributed by atoms with van der Waals surface area (Å²) in [5, 5.41) is 0.384. The summed E-state index contributed by atoms with van der Waals surface area (Å²) < 4.78 is 19.5. The average Bonchev–Trinajstić information content (AvgIpc) is 2.50. The number of carbonyl (C=O) groups is 1. The molecule has 0 aromatic heterocycles.